The molecule has 0 aromatic carbocycles. The van der Waals surface area contributed by atoms with E-state index in [2.05, 4.69) is 19.1 Å². The van der Waals surface area contributed by atoms with Gasteiger partial charge in [0.1, 0.15) is 6.29 Å². The number of rotatable bonds is 12. The van der Waals surface area contributed by atoms with Gasteiger partial charge in [0.2, 0.25) is 0 Å². The quantitative estimate of drug-likeness (QED) is 0.271. The van der Waals surface area contributed by atoms with Gasteiger partial charge in [-0.2, -0.15) is 0 Å². The zero-order chi connectivity index (χ0) is 21.9. The third-order valence-electron chi connectivity index (χ3n) is 6.73. The fraction of sp³-hybridized carbons (Fsp3) is 0.880. The van der Waals surface area contributed by atoms with Gasteiger partial charge in [-0.1, -0.05) is 38.3 Å². The maximum Gasteiger partial charge on any atom is 0.158 e. The summed E-state index contributed by atoms with van der Waals surface area (Å²) in [6, 6.07) is 0. The van der Waals surface area contributed by atoms with Crippen LogP contribution in [0.3, 0.4) is 0 Å². The molecule has 0 radical (unpaired) electrons. The molecular weight excluding hydrogens is 396 g/mol. The van der Waals surface area contributed by atoms with Crippen LogP contribution in [0.15, 0.2) is 12.2 Å². The van der Waals surface area contributed by atoms with E-state index in [0.29, 0.717) is 12.8 Å². The lowest BCUT2D eigenvalue weighted by Gasteiger charge is -2.28. The monoisotopic (exact) mass is 438 g/mol. The van der Waals surface area contributed by atoms with E-state index in [4.69, 9.17) is 18.9 Å². The van der Waals surface area contributed by atoms with Crippen molar-refractivity contribution in [3.8, 4) is 0 Å². The van der Waals surface area contributed by atoms with Crippen molar-refractivity contribution in [3.63, 3.8) is 0 Å². The zero-order valence-corrected chi connectivity index (χ0v) is 19.2. The molecule has 2 heterocycles. The van der Waals surface area contributed by atoms with E-state index < -0.39 is 5.60 Å². The third-order valence-corrected chi connectivity index (χ3v) is 6.73. The van der Waals surface area contributed by atoms with E-state index in [1.165, 1.54) is 12.8 Å². The van der Waals surface area contributed by atoms with E-state index in [1.807, 2.05) is 0 Å². The molecule has 0 aromatic heterocycles. The van der Waals surface area contributed by atoms with Crippen molar-refractivity contribution in [2.24, 2.45) is 5.92 Å². The molecule has 1 saturated carbocycles. The van der Waals surface area contributed by atoms with Crippen LogP contribution >= 0.6 is 0 Å². The molecule has 3 rings (SSSR count). The molecule has 0 aromatic rings. The third kappa shape index (κ3) is 8.25. The van der Waals surface area contributed by atoms with Crippen LogP contribution < -0.4 is 0 Å². The predicted octanol–water partition coefficient (Wildman–Crippen LogP) is 4.68. The number of carbonyl (C=O) groups is 1. The molecular formula is C25H42O6. The Morgan fingerprint density at radius 2 is 1.81 bits per heavy atom. The molecule has 2 aliphatic heterocycles. The summed E-state index contributed by atoms with van der Waals surface area (Å²) in [5.41, 5.74) is -0.999. The molecule has 6 heteroatoms. The second-order valence-corrected chi connectivity index (χ2v) is 9.49. The van der Waals surface area contributed by atoms with Gasteiger partial charge in [0.05, 0.1) is 17.8 Å². The molecule has 0 amide bonds. The highest BCUT2D eigenvalue weighted by Gasteiger charge is 2.44. The average Bonchev–Trinajstić information content (AvgIpc) is 3.08. The predicted molar refractivity (Wildman–Crippen MR) is 119 cm³/mol. The largest absolute Gasteiger partial charge is 0.389 e. The first-order valence-electron chi connectivity index (χ1n) is 12.5. The van der Waals surface area contributed by atoms with Crippen LogP contribution in [0.1, 0.15) is 90.4 Å². The normalized spacial score (nSPS) is 35.4. The lowest BCUT2D eigenvalue weighted by atomic mass is 9.96. The SMILES string of the molecule is CCCCC[C@@H](C=C[C@@H]1C[C@](O)(CC=O)C[C@H]1OC1CCCCO1)OC1CCCCO1. The van der Waals surface area contributed by atoms with Gasteiger partial charge in [0.25, 0.3) is 0 Å². The van der Waals surface area contributed by atoms with Crippen molar-refractivity contribution in [1.82, 2.24) is 0 Å². The first-order valence-corrected chi connectivity index (χ1v) is 12.5. The Morgan fingerprint density at radius 1 is 1.06 bits per heavy atom. The van der Waals surface area contributed by atoms with Crippen molar-refractivity contribution < 1.29 is 28.8 Å². The van der Waals surface area contributed by atoms with Gasteiger partial charge >= 0.3 is 0 Å². The minimum absolute atomic E-state index is 0.000921. The summed E-state index contributed by atoms with van der Waals surface area (Å²) in [7, 11) is 0. The summed E-state index contributed by atoms with van der Waals surface area (Å²) in [4.78, 5) is 11.1. The second kappa shape index (κ2) is 13.0. The molecule has 2 unspecified atom stereocenters. The highest BCUT2D eigenvalue weighted by atomic mass is 16.7. The van der Waals surface area contributed by atoms with Crippen LogP contribution in [-0.4, -0.2) is 55.0 Å². The Labute approximate surface area is 187 Å². The fourth-order valence-corrected chi connectivity index (χ4v) is 4.94. The van der Waals surface area contributed by atoms with E-state index in [9.17, 15) is 9.90 Å². The molecule has 2 saturated heterocycles. The number of aliphatic hydroxyl groups is 1. The minimum Gasteiger partial charge on any atom is -0.389 e. The van der Waals surface area contributed by atoms with Gasteiger partial charge in [-0.05, 0) is 51.4 Å². The lowest BCUT2D eigenvalue weighted by Crippen LogP contribution is -2.31. The summed E-state index contributed by atoms with van der Waals surface area (Å²) < 4.78 is 24.1. The standard InChI is InChI=1S/C25H42O6/c1-2-3-4-9-21(30-23-10-5-7-16-28-23)13-12-20-18-25(27,14-15-26)19-22(20)31-24-11-6-8-17-29-24/h12-13,15,20-24,27H,2-11,14,16-19H2,1H3/t20-,21+,22-,23?,24?,25-/m1/s1. The highest BCUT2D eigenvalue weighted by molar-refractivity contribution is 5.51. The van der Waals surface area contributed by atoms with Gasteiger partial charge in [-0.3, -0.25) is 0 Å². The molecule has 6 atom stereocenters. The highest BCUT2D eigenvalue weighted by Crippen LogP contribution is 2.40. The molecule has 1 N–H and O–H groups in total. The summed E-state index contributed by atoms with van der Waals surface area (Å²) in [6.45, 7) is 3.71. The maximum absolute atomic E-state index is 11.1. The minimum atomic E-state index is -0.999. The zero-order valence-electron chi connectivity index (χ0n) is 19.2. The second-order valence-electron chi connectivity index (χ2n) is 9.49. The van der Waals surface area contributed by atoms with E-state index in [0.717, 1.165) is 70.9 Å². The Balaban J connectivity index is 1.63. The smallest absolute Gasteiger partial charge is 0.158 e. The van der Waals surface area contributed by atoms with Crippen molar-refractivity contribution in [2.45, 2.75) is 121 Å². The Kier molecular flexibility index (Phi) is 10.5. The molecule has 6 nitrogen and oxygen atoms in total. The molecule has 178 valence electrons. The molecule has 3 fully saturated rings. The van der Waals surface area contributed by atoms with Gasteiger partial charge in [-0.25, -0.2) is 0 Å². The van der Waals surface area contributed by atoms with Crippen molar-refractivity contribution >= 4 is 6.29 Å². The number of hydrogen-bond acceptors (Lipinski definition) is 6. The Bertz CT molecular complexity index is 540. The first-order chi connectivity index (χ1) is 15.1. The van der Waals surface area contributed by atoms with E-state index in [1.54, 1.807) is 0 Å². The summed E-state index contributed by atoms with van der Waals surface area (Å²) in [5, 5.41) is 10.9. The van der Waals surface area contributed by atoms with E-state index in [-0.39, 0.29) is 37.1 Å². The maximum atomic E-state index is 11.1. The van der Waals surface area contributed by atoms with Crippen LogP contribution in [-0.2, 0) is 23.7 Å². The number of aldehydes is 1. The van der Waals surface area contributed by atoms with Crippen LogP contribution in [0, 0.1) is 5.92 Å². The molecule has 0 bridgehead atoms. The molecule has 31 heavy (non-hydrogen) atoms. The topological polar surface area (TPSA) is 74.2 Å². The number of hydrogen-bond donors (Lipinski definition) is 1. The van der Waals surface area contributed by atoms with Crippen molar-refractivity contribution in [2.75, 3.05) is 13.2 Å². The Hall–Kier alpha value is -0.790. The van der Waals surface area contributed by atoms with Gasteiger partial charge < -0.3 is 28.8 Å². The van der Waals surface area contributed by atoms with Gasteiger partial charge in [-0.15, -0.1) is 0 Å². The summed E-state index contributed by atoms with van der Waals surface area (Å²) in [6.07, 6.45) is 16.5. The van der Waals surface area contributed by atoms with Gasteiger partial charge in [0, 0.05) is 32.0 Å². The van der Waals surface area contributed by atoms with Crippen LogP contribution in [0.2, 0.25) is 0 Å². The van der Waals surface area contributed by atoms with Gasteiger partial charge in [0.15, 0.2) is 12.6 Å². The van der Waals surface area contributed by atoms with Crippen LogP contribution in [0.25, 0.3) is 0 Å². The number of carbonyl (C=O) groups excluding carboxylic acids is 1. The lowest BCUT2D eigenvalue weighted by molar-refractivity contribution is -0.193. The van der Waals surface area contributed by atoms with Crippen molar-refractivity contribution in [3.05, 3.63) is 12.2 Å². The first kappa shape index (κ1) is 24.8. The number of ether oxygens (including phenoxy) is 4. The molecule has 1 aliphatic carbocycles. The van der Waals surface area contributed by atoms with Crippen molar-refractivity contribution in [1.29, 1.82) is 0 Å². The molecule has 0 spiro atoms. The van der Waals surface area contributed by atoms with Crippen LogP contribution in [0.5, 0.6) is 0 Å². The van der Waals surface area contributed by atoms with E-state index >= 15 is 0 Å². The number of unbranched alkanes of at least 4 members (excludes halogenated alkanes) is 2. The summed E-state index contributed by atoms with van der Waals surface area (Å²) >= 11 is 0. The summed E-state index contributed by atoms with van der Waals surface area (Å²) in [5.74, 6) is 0.0417. The average molecular weight is 439 g/mol. The fourth-order valence-electron chi connectivity index (χ4n) is 4.94. The Morgan fingerprint density at radius 3 is 2.45 bits per heavy atom. The molecule has 3 aliphatic rings. The van der Waals surface area contributed by atoms with Crippen LogP contribution in [0.4, 0.5) is 0 Å².